The topological polar surface area (TPSA) is 55.4 Å². The van der Waals surface area contributed by atoms with E-state index in [-0.39, 0.29) is 6.04 Å². The smallest absolute Gasteiger partial charge is 0.180 e. The average Bonchev–Trinajstić information content (AvgIpc) is 2.99. The zero-order valence-corrected chi connectivity index (χ0v) is 12.0. The minimum Gasteiger partial charge on any atom is -0.469 e. The number of hydrogen-bond donors (Lipinski definition) is 1. The van der Waals surface area contributed by atoms with Crippen LogP contribution in [-0.4, -0.2) is 20.4 Å². The van der Waals surface area contributed by atoms with Crippen LogP contribution in [0.4, 0.5) is 5.82 Å². The van der Waals surface area contributed by atoms with Gasteiger partial charge in [0.2, 0.25) is 0 Å². The highest BCUT2D eigenvalue weighted by molar-refractivity contribution is 9.10. The third kappa shape index (κ3) is 2.63. The molecule has 0 aliphatic rings. The number of hydrogen-bond acceptors (Lipinski definition) is 4. The standard InChI is InChI=1S/C13H13BrN4O/c1-9(7-10-3-2-6-19-10)16-12-13-15-4-5-18(13)8-11(14)17-12/h2-6,8-9H,7H2,1H3,(H,16,17). The van der Waals surface area contributed by atoms with E-state index in [1.165, 1.54) is 0 Å². The van der Waals surface area contributed by atoms with Gasteiger partial charge in [-0.25, -0.2) is 9.97 Å². The van der Waals surface area contributed by atoms with Crippen molar-refractivity contribution in [3.63, 3.8) is 0 Å². The molecule has 0 amide bonds. The SMILES string of the molecule is CC(Cc1ccco1)Nc1nc(Br)cn2ccnc12. The number of nitrogens with one attached hydrogen (secondary N) is 1. The molecule has 3 aromatic rings. The lowest BCUT2D eigenvalue weighted by atomic mass is 10.2. The van der Waals surface area contributed by atoms with Gasteiger partial charge >= 0.3 is 0 Å². The first kappa shape index (κ1) is 12.2. The zero-order valence-electron chi connectivity index (χ0n) is 10.4. The van der Waals surface area contributed by atoms with Gasteiger partial charge in [0.25, 0.3) is 0 Å². The van der Waals surface area contributed by atoms with E-state index >= 15 is 0 Å². The van der Waals surface area contributed by atoms with Gasteiger partial charge in [0.05, 0.1) is 6.26 Å². The molecule has 3 aromatic heterocycles. The molecule has 0 fully saturated rings. The van der Waals surface area contributed by atoms with Crippen molar-refractivity contribution < 1.29 is 4.42 Å². The van der Waals surface area contributed by atoms with Crippen LogP contribution >= 0.6 is 15.9 Å². The predicted octanol–water partition coefficient (Wildman–Crippen LogP) is 3.13. The van der Waals surface area contributed by atoms with Crippen molar-refractivity contribution in [3.8, 4) is 0 Å². The first-order valence-electron chi connectivity index (χ1n) is 6.00. The monoisotopic (exact) mass is 320 g/mol. The third-order valence-electron chi connectivity index (χ3n) is 2.82. The van der Waals surface area contributed by atoms with Crippen molar-refractivity contribution in [1.82, 2.24) is 14.4 Å². The largest absolute Gasteiger partial charge is 0.469 e. The molecule has 0 spiro atoms. The highest BCUT2D eigenvalue weighted by Gasteiger charge is 2.11. The van der Waals surface area contributed by atoms with Crippen LogP contribution in [0.1, 0.15) is 12.7 Å². The Morgan fingerprint density at radius 1 is 1.53 bits per heavy atom. The van der Waals surface area contributed by atoms with E-state index in [1.54, 1.807) is 12.5 Å². The summed E-state index contributed by atoms with van der Waals surface area (Å²) in [7, 11) is 0. The van der Waals surface area contributed by atoms with Crippen molar-refractivity contribution in [2.45, 2.75) is 19.4 Å². The molecule has 3 rings (SSSR count). The second-order valence-corrected chi connectivity index (χ2v) is 5.21. The summed E-state index contributed by atoms with van der Waals surface area (Å²) in [6, 6.07) is 4.07. The van der Waals surface area contributed by atoms with Crippen molar-refractivity contribution >= 4 is 27.4 Å². The van der Waals surface area contributed by atoms with Crippen LogP contribution in [0.5, 0.6) is 0 Å². The molecule has 1 N–H and O–H groups in total. The summed E-state index contributed by atoms with van der Waals surface area (Å²) in [4.78, 5) is 8.74. The summed E-state index contributed by atoms with van der Waals surface area (Å²) < 4.78 is 8.05. The number of furan rings is 1. The summed E-state index contributed by atoms with van der Waals surface area (Å²) in [5.74, 6) is 1.72. The van der Waals surface area contributed by atoms with Crippen molar-refractivity contribution in [2.24, 2.45) is 0 Å². The van der Waals surface area contributed by atoms with Crippen LogP contribution in [0, 0.1) is 0 Å². The molecule has 0 radical (unpaired) electrons. The molecule has 1 unspecified atom stereocenters. The third-order valence-corrected chi connectivity index (χ3v) is 3.20. The lowest BCUT2D eigenvalue weighted by molar-refractivity contribution is 0.497. The normalized spacial score (nSPS) is 12.7. The number of anilines is 1. The maximum atomic E-state index is 5.35. The Balaban J connectivity index is 1.82. The second kappa shape index (κ2) is 5.05. The van der Waals surface area contributed by atoms with E-state index in [4.69, 9.17) is 4.42 Å². The van der Waals surface area contributed by atoms with Gasteiger partial charge in [0.1, 0.15) is 10.4 Å². The van der Waals surface area contributed by atoms with Gasteiger partial charge in [-0.15, -0.1) is 0 Å². The van der Waals surface area contributed by atoms with Crippen LogP contribution in [0.15, 0.2) is 46.0 Å². The Labute approximate surface area is 118 Å². The molecule has 1 atom stereocenters. The van der Waals surface area contributed by atoms with E-state index < -0.39 is 0 Å². The average molecular weight is 321 g/mol. The van der Waals surface area contributed by atoms with Gasteiger partial charge in [-0.1, -0.05) is 0 Å². The Morgan fingerprint density at radius 3 is 3.21 bits per heavy atom. The number of halogens is 1. The molecule has 5 nitrogen and oxygen atoms in total. The first-order chi connectivity index (χ1) is 9.22. The van der Waals surface area contributed by atoms with Gasteiger partial charge < -0.3 is 14.1 Å². The Bertz CT molecular complexity index is 677. The zero-order chi connectivity index (χ0) is 13.2. The lowest BCUT2D eigenvalue weighted by Gasteiger charge is -2.14. The Kier molecular flexibility index (Phi) is 3.25. The molecule has 3 heterocycles. The molecular formula is C13H13BrN4O. The van der Waals surface area contributed by atoms with E-state index in [0.717, 1.165) is 28.2 Å². The van der Waals surface area contributed by atoms with E-state index in [1.807, 2.05) is 28.9 Å². The van der Waals surface area contributed by atoms with Crippen LogP contribution in [0.2, 0.25) is 0 Å². The highest BCUT2D eigenvalue weighted by Crippen LogP contribution is 2.18. The number of fused-ring (bicyclic) bond motifs is 1. The van der Waals surface area contributed by atoms with Crippen LogP contribution in [0.25, 0.3) is 5.65 Å². The molecule has 0 aromatic carbocycles. The summed E-state index contributed by atoms with van der Waals surface area (Å²) in [6.45, 7) is 2.09. The van der Waals surface area contributed by atoms with Crippen LogP contribution < -0.4 is 5.32 Å². The highest BCUT2D eigenvalue weighted by atomic mass is 79.9. The van der Waals surface area contributed by atoms with Crippen molar-refractivity contribution in [1.29, 1.82) is 0 Å². The predicted molar refractivity (Wildman–Crippen MR) is 76.2 cm³/mol. The van der Waals surface area contributed by atoms with Crippen molar-refractivity contribution in [2.75, 3.05) is 5.32 Å². The van der Waals surface area contributed by atoms with Crippen LogP contribution in [-0.2, 0) is 6.42 Å². The first-order valence-corrected chi connectivity index (χ1v) is 6.80. The number of imidazole rings is 1. The Morgan fingerprint density at radius 2 is 2.42 bits per heavy atom. The summed E-state index contributed by atoms with van der Waals surface area (Å²) in [6.07, 6.45) is 8.01. The van der Waals surface area contributed by atoms with E-state index in [2.05, 4.69) is 38.1 Å². The maximum absolute atomic E-state index is 5.35. The fourth-order valence-electron chi connectivity index (χ4n) is 2.01. The number of rotatable bonds is 4. The fraction of sp³-hybridized carbons (Fsp3) is 0.231. The number of nitrogens with zero attached hydrogens (tertiary/aromatic N) is 3. The molecule has 6 heteroatoms. The van der Waals surface area contributed by atoms with Gasteiger partial charge in [-0.2, -0.15) is 0 Å². The fourth-order valence-corrected chi connectivity index (χ4v) is 2.41. The molecule has 19 heavy (non-hydrogen) atoms. The van der Waals surface area contributed by atoms with Crippen LogP contribution in [0.3, 0.4) is 0 Å². The minimum atomic E-state index is 0.202. The second-order valence-electron chi connectivity index (χ2n) is 4.40. The Hall–Kier alpha value is -1.82. The minimum absolute atomic E-state index is 0.202. The molecule has 0 aliphatic heterocycles. The lowest BCUT2D eigenvalue weighted by Crippen LogP contribution is -2.19. The summed E-state index contributed by atoms with van der Waals surface area (Å²) in [5.41, 5.74) is 0.814. The molecule has 98 valence electrons. The quantitative estimate of drug-likeness (QED) is 0.802. The van der Waals surface area contributed by atoms with Gasteiger partial charge in [-0.05, 0) is 35.0 Å². The van der Waals surface area contributed by atoms with Gasteiger partial charge in [0, 0.05) is 31.1 Å². The summed E-state index contributed by atoms with van der Waals surface area (Å²) >= 11 is 3.40. The molecule has 0 aliphatic carbocycles. The van der Waals surface area contributed by atoms with E-state index in [9.17, 15) is 0 Å². The van der Waals surface area contributed by atoms with Crippen molar-refractivity contribution in [3.05, 3.63) is 47.3 Å². The van der Waals surface area contributed by atoms with Gasteiger partial charge in [-0.3, -0.25) is 0 Å². The molecular weight excluding hydrogens is 308 g/mol. The van der Waals surface area contributed by atoms with Gasteiger partial charge in [0.15, 0.2) is 11.5 Å². The number of aromatic nitrogens is 3. The van der Waals surface area contributed by atoms with E-state index in [0.29, 0.717) is 0 Å². The molecule has 0 saturated heterocycles. The summed E-state index contributed by atoms with van der Waals surface area (Å²) in [5, 5.41) is 3.37. The molecule has 0 bridgehead atoms. The molecule has 0 saturated carbocycles. The maximum Gasteiger partial charge on any atom is 0.180 e.